The number of anilines is 1. The molecule has 1 heterocycles. The van der Waals surface area contributed by atoms with Crippen molar-refractivity contribution in [1.29, 1.82) is 0 Å². The summed E-state index contributed by atoms with van der Waals surface area (Å²) in [6.07, 6.45) is 3.35. The van der Waals surface area contributed by atoms with Gasteiger partial charge in [0.1, 0.15) is 0 Å². The van der Waals surface area contributed by atoms with Crippen molar-refractivity contribution in [3.63, 3.8) is 0 Å². The molecule has 1 aromatic heterocycles. The second-order valence-corrected chi connectivity index (χ2v) is 6.26. The monoisotopic (exact) mass is 296 g/mol. The molecule has 0 atom stereocenters. The fourth-order valence-electron chi connectivity index (χ4n) is 1.57. The lowest BCUT2D eigenvalue weighted by atomic mass is 10.2. The van der Waals surface area contributed by atoms with Crippen LogP contribution in [-0.2, 0) is 16.4 Å². The molecule has 0 amide bonds. The van der Waals surface area contributed by atoms with Gasteiger partial charge in [0.2, 0.25) is 10.0 Å². The summed E-state index contributed by atoms with van der Waals surface area (Å²) < 4.78 is 26.3. The number of pyridine rings is 1. The molecular formula is C13H13ClN2O2S. The van der Waals surface area contributed by atoms with Crippen LogP contribution in [0.4, 0.5) is 5.69 Å². The molecule has 0 saturated heterocycles. The zero-order valence-corrected chi connectivity index (χ0v) is 11.7. The predicted molar refractivity (Wildman–Crippen MR) is 76.8 cm³/mol. The molecule has 0 aliphatic rings. The van der Waals surface area contributed by atoms with E-state index in [1.807, 2.05) is 30.3 Å². The summed E-state index contributed by atoms with van der Waals surface area (Å²) in [5.41, 5.74) is 1.28. The van der Waals surface area contributed by atoms with Gasteiger partial charge in [-0.25, -0.2) is 8.42 Å². The second-order valence-electron chi connectivity index (χ2n) is 4.01. The Morgan fingerprint density at radius 2 is 1.89 bits per heavy atom. The van der Waals surface area contributed by atoms with Crippen molar-refractivity contribution in [2.24, 2.45) is 0 Å². The number of sulfonamides is 1. The van der Waals surface area contributed by atoms with Crippen LogP contribution in [0.2, 0.25) is 5.02 Å². The third-order valence-corrected chi connectivity index (χ3v) is 4.14. The zero-order valence-electron chi connectivity index (χ0n) is 10.1. The first-order valence-corrected chi connectivity index (χ1v) is 7.74. The summed E-state index contributed by atoms with van der Waals surface area (Å²) in [5, 5.41) is 0.332. The molecular weight excluding hydrogens is 284 g/mol. The molecule has 0 radical (unpaired) electrons. The summed E-state index contributed by atoms with van der Waals surface area (Å²) in [7, 11) is -3.43. The van der Waals surface area contributed by atoms with E-state index in [-0.39, 0.29) is 5.75 Å². The molecule has 0 aliphatic carbocycles. The minimum atomic E-state index is -3.43. The first-order chi connectivity index (χ1) is 9.07. The molecule has 0 spiro atoms. The quantitative estimate of drug-likeness (QED) is 0.923. The van der Waals surface area contributed by atoms with E-state index in [2.05, 4.69) is 9.71 Å². The highest BCUT2D eigenvalue weighted by Gasteiger charge is 2.12. The van der Waals surface area contributed by atoms with Gasteiger partial charge >= 0.3 is 0 Å². The molecule has 6 heteroatoms. The lowest BCUT2D eigenvalue weighted by Crippen LogP contribution is -2.18. The van der Waals surface area contributed by atoms with Gasteiger partial charge in [-0.1, -0.05) is 41.9 Å². The SMILES string of the molecule is O=S(=O)(CCc1ccccc1)Nc1cnccc1Cl. The Morgan fingerprint density at radius 1 is 1.16 bits per heavy atom. The Kier molecular flexibility index (Phi) is 4.39. The fraction of sp³-hybridized carbons (Fsp3) is 0.154. The lowest BCUT2D eigenvalue weighted by Gasteiger charge is -2.08. The Labute approximate surface area is 117 Å². The molecule has 0 unspecified atom stereocenters. The number of hydrogen-bond acceptors (Lipinski definition) is 3. The van der Waals surface area contributed by atoms with E-state index in [4.69, 9.17) is 11.6 Å². The number of nitrogens with zero attached hydrogens (tertiary/aromatic N) is 1. The van der Waals surface area contributed by atoms with Gasteiger partial charge in [-0.05, 0) is 18.1 Å². The number of benzene rings is 1. The number of aryl methyl sites for hydroxylation is 1. The Morgan fingerprint density at radius 3 is 2.58 bits per heavy atom. The molecule has 0 fully saturated rings. The molecule has 1 aromatic carbocycles. The Balaban J connectivity index is 2.02. The summed E-state index contributed by atoms with van der Waals surface area (Å²) in [4.78, 5) is 3.84. The number of nitrogens with one attached hydrogen (secondary N) is 1. The van der Waals surface area contributed by atoms with Crippen LogP contribution in [0, 0.1) is 0 Å². The molecule has 2 aromatic rings. The van der Waals surface area contributed by atoms with Crippen molar-refractivity contribution in [2.75, 3.05) is 10.5 Å². The van der Waals surface area contributed by atoms with Crippen molar-refractivity contribution >= 4 is 27.3 Å². The van der Waals surface area contributed by atoms with E-state index in [1.54, 1.807) is 0 Å². The molecule has 0 aliphatic heterocycles. The van der Waals surface area contributed by atoms with Crippen LogP contribution in [0.3, 0.4) is 0 Å². The maximum Gasteiger partial charge on any atom is 0.233 e. The van der Waals surface area contributed by atoms with E-state index in [0.717, 1.165) is 5.56 Å². The summed E-state index contributed by atoms with van der Waals surface area (Å²) in [6.45, 7) is 0. The molecule has 0 bridgehead atoms. The first-order valence-electron chi connectivity index (χ1n) is 5.71. The van der Waals surface area contributed by atoms with E-state index in [9.17, 15) is 8.42 Å². The fourth-order valence-corrected chi connectivity index (χ4v) is 2.88. The maximum atomic E-state index is 11.9. The average Bonchev–Trinajstić information content (AvgIpc) is 2.40. The highest BCUT2D eigenvalue weighted by atomic mass is 35.5. The van der Waals surface area contributed by atoms with Gasteiger partial charge in [-0.2, -0.15) is 0 Å². The number of halogens is 1. The van der Waals surface area contributed by atoms with Crippen LogP contribution in [0.25, 0.3) is 0 Å². The largest absolute Gasteiger partial charge is 0.280 e. The van der Waals surface area contributed by atoms with Crippen LogP contribution < -0.4 is 4.72 Å². The van der Waals surface area contributed by atoms with E-state index < -0.39 is 10.0 Å². The van der Waals surface area contributed by atoms with Crippen molar-refractivity contribution in [3.8, 4) is 0 Å². The second kappa shape index (κ2) is 6.04. The molecule has 19 heavy (non-hydrogen) atoms. The van der Waals surface area contributed by atoms with Gasteiger partial charge < -0.3 is 0 Å². The van der Waals surface area contributed by atoms with Gasteiger partial charge in [-0.3, -0.25) is 9.71 Å². The van der Waals surface area contributed by atoms with E-state index >= 15 is 0 Å². The van der Waals surface area contributed by atoms with Crippen molar-refractivity contribution in [3.05, 3.63) is 59.4 Å². The normalized spacial score (nSPS) is 11.2. The van der Waals surface area contributed by atoms with Crippen LogP contribution >= 0.6 is 11.6 Å². The van der Waals surface area contributed by atoms with E-state index in [1.165, 1.54) is 18.5 Å². The first kappa shape index (κ1) is 13.8. The minimum Gasteiger partial charge on any atom is -0.280 e. The molecule has 4 nitrogen and oxygen atoms in total. The Hall–Kier alpha value is -1.59. The number of hydrogen-bond donors (Lipinski definition) is 1. The van der Waals surface area contributed by atoms with Crippen LogP contribution in [0.1, 0.15) is 5.56 Å². The zero-order chi connectivity index (χ0) is 13.7. The molecule has 1 N–H and O–H groups in total. The highest BCUT2D eigenvalue weighted by Crippen LogP contribution is 2.20. The van der Waals surface area contributed by atoms with Crippen molar-refractivity contribution in [2.45, 2.75) is 6.42 Å². The highest BCUT2D eigenvalue weighted by molar-refractivity contribution is 7.92. The summed E-state index contributed by atoms with van der Waals surface area (Å²) >= 11 is 5.88. The average molecular weight is 297 g/mol. The third kappa shape index (κ3) is 4.22. The van der Waals surface area contributed by atoms with Crippen LogP contribution in [0.15, 0.2) is 48.8 Å². The van der Waals surface area contributed by atoms with Gasteiger partial charge in [-0.15, -0.1) is 0 Å². The van der Waals surface area contributed by atoms with Crippen molar-refractivity contribution < 1.29 is 8.42 Å². The number of rotatable bonds is 5. The lowest BCUT2D eigenvalue weighted by molar-refractivity contribution is 0.600. The summed E-state index contributed by atoms with van der Waals surface area (Å²) in [6, 6.07) is 11.0. The predicted octanol–water partition coefficient (Wildman–Crippen LogP) is 2.72. The minimum absolute atomic E-state index is 0.00222. The molecule has 2 rings (SSSR count). The van der Waals surface area contributed by atoms with Gasteiger partial charge in [0, 0.05) is 6.20 Å². The standard InChI is InChI=1S/C13H13ClN2O2S/c14-12-6-8-15-10-13(12)16-19(17,18)9-7-11-4-2-1-3-5-11/h1-6,8,10,16H,7,9H2. The smallest absolute Gasteiger partial charge is 0.233 e. The molecule has 100 valence electrons. The van der Waals surface area contributed by atoms with E-state index in [0.29, 0.717) is 17.1 Å². The van der Waals surface area contributed by atoms with Gasteiger partial charge in [0.15, 0.2) is 0 Å². The third-order valence-electron chi connectivity index (χ3n) is 2.54. The van der Waals surface area contributed by atoms with Gasteiger partial charge in [0.05, 0.1) is 22.7 Å². The topological polar surface area (TPSA) is 59.1 Å². The molecule has 0 saturated carbocycles. The number of aromatic nitrogens is 1. The van der Waals surface area contributed by atoms with Crippen LogP contribution in [0.5, 0.6) is 0 Å². The summed E-state index contributed by atoms with van der Waals surface area (Å²) in [5.74, 6) is 0.00222. The van der Waals surface area contributed by atoms with Gasteiger partial charge in [0.25, 0.3) is 0 Å². The Bertz CT molecular complexity index is 645. The van der Waals surface area contributed by atoms with Crippen LogP contribution in [-0.4, -0.2) is 19.2 Å². The van der Waals surface area contributed by atoms with Crippen molar-refractivity contribution in [1.82, 2.24) is 4.98 Å². The maximum absolute atomic E-state index is 11.9.